The van der Waals surface area contributed by atoms with E-state index in [0.717, 1.165) is 38.5 Å². The minimum Gasteiger partial charge on any atom is -0.493 e. The molecule has 1 rings (SSSR count). The fourth-order valence-electron chi connectivity index (χ4n) is 4.62. The van der Waals surface area contributed by atoms with E-state index in [1.165, 1.54) is 83.5 Å². The van der Waals surface area contributed by atoms with Crippen molar-refractivity contribution in [3.05, 3.63) is 29.3 Å². The number of benzene rings is 1. The molecule has 0 saturated carbocycles. The molecule has 38 heavy (non-hydrogen) atoms. The van der Waals surface area contributed by atoms with Crippen LogP contribution in [0, 0.1) is 0 Å². The molecule has 0 aromatic heterocycles. The number of ether oxygens (including phenoxy) is 1. The normalized spacial score (nSPS) is 10.9. The molecule has 2 amide bonds. The van der Waals surface area contributed by atoms with Crippen LogP contribution in [-0.4, -0.2) is 31.5 Å². The summed E-state index contributed by atoms with van der Waals surface area (Å²) in [6, 6.07) is 5.22. The van der Waals surface area contributed by atoms with Crippen molar-refractivity contribution in [2.75, 3.05) is 19.7 Å². The van der Waals surface area contributed by atoms with Crippen LogP contribution in [0.1, 0.15) is 163 Å². The lowest BCUT2D eigenvalue weighted by molar-refractivity contribution is 0.0937. The zero-order valence-corrected chi connectivity index (χ0v) is 25.0. The first-order valence-electron chi connectivity index (χ1n) is 16.0. The van der Waals surface area contributed by atoms with Crippen LogP contribution in [0.25, 0.3) is 0 Å². The molecule has 0 radical (unpaired) electrons. The second kappa shape index (κ2) is 24.0. The summed E-state index contributed by atoms with van der Waals surface area (Å²) in [5.41, 5.74) is 1.07. The van der Waals surface area contributed by atoms with Gasteiger partial charge >= 0.3 is 0 Å². The molecular formula is C33H58N2O3. The molecule has 0 unspecified atom stereocenters. The summed E-state index contributed by atoms with van der Waals surface area (Å²) in [7, 11) is 0. The number of carbonyl (C=O) groups is 2. The third kappa shape index (κ3) is 16.7. The molecule has 1 aromatic carbocycles. The van der Waals surface area contributed by atoms with Gasteiger partial charge in [-0.25, -0.2) is 0 Å². The second-order valence-corrected chi connectivity index (χ2v) is 10.7. The largest absolute Gasteiger partial charge is 0.493 e. The number of nitrogens with one attached hydrogen (secondary N) is 2. The predicted octanol–water partition coefficient (Wildman–Crippen LogP) is 9.00. The summed E-state index contributed by atoms with van der Waals surface area (Å²) >= 11 is 0. The van der Waals surface area contributed by atoms with Crippen molar-refractivity contribution < 1.29 is 14.3 Å². The number of unbranched alkanes of at least 4 members (excludes halogenated alkanes) is 16. The lowest BCUT2D eigenvalue weighted by Crippen LogP contribution is -2.26. The fourth-order valence-corrected chi connectivity index (χ4v) is 4.62. The van der Waals surface area contributed by atoms with Crippen LogP contribution in [0.15, 0.2) is 18.2 Å². The lowest BCUT2D eigenvalue weighted by Gasteiger charge is -2.14. The highest BCUT2D eigenvalue weighted by molar-refractivity contribution is 6.00. The van der Waals surface area contributed by atoms with E-state index in [-0.39, 0.29) is 11.8 Å². The summed E-state index contributed by atoms with van der Waals surface area (Å²) in [6.45, 7) is 8.53. The van der Waals surface area contributed by atoms with E-state index in [2.05, 4.69) is 31.4 Å². The molecule has 0 atom stereocenters. The van der Waals surface area contributed by atoms with Crippen LogP contribution in [-0.2, 0) is 0 Å². The Bertz CT molecular complexity index is 735. The first-order chi connectivity index (χ1) is 18.6. The molecule has 0 saturated heterocycles. The molecule has 5 nitrogen and oxygen atoms in total. The maximum absolute atomic E-state index is 12.9. The van der Waals surface area contributed by atoms with Gasteiger partial charge in [-0.05, 0) is 37.5 Å². The fraction of sp³-hybridized carbons (Fsp3) is 0.758. The first kappa shape index (κ1) is 34.0. The highest BCUT2D eigenvalue weighted by Crippen LogP contribution is 2.22. The Labute approximate surface area is 234 Å². The third-order valence-corrected chi connectivity index (χ3v) is 7.13. The van der Waals surface area contributed by atoms with Gasteiger partial charge in [0.05, 0.1) is 12.2 Å². The van der Waals surface area contributed by atoms with Crippen molar-refractivity contribution in [2.24, 2.45) is 0 Å². The Kier molecular flexibility index (Phi) is 21.5. The molecule has 0 aliphatic rings. The van der Waals surface area contributed by atoms with Crippen LogP contribution < -0.4 is 15.4 Å². The smallest absolute Gasteiger partial charge is 0.255 e. The highest BCUT2D eigenvalue weighted by atomic mass is 16.5. The van der Waals surface area contributed by atoms with E-state index in [9.17, 15) is 9.59 Å². The number of hydrogen-bond donors (Lipinski definition) is 2. The molecule has 0 heterocycles. The van der Waals surface area contributed by atoms with Crippen molar-refractivity contribution in [2.45, 2.75) is 143 Å². The van der Waals surface area contributed by atoms with E-state index in [1.54, 1.807) is 18.2 Å². The number of hydrogen-bond acceptors (Lipinski definition) is 3. The van der Waals surface area contributed by atoms with Crippen molar-refractivity contribution in [3.63, 3.8) is 0 Å². The molecule has 0 aliphatic heterocycles. The topological polar surface area (TPSA) is 67.4 Å². The quantitative estimate of drug-likeness (QED) is 0.124. The van der Waals surface area contributed by atoms with Crippen LogP contribution in [0.5, 0.6) is 5.75 Å². The Morgan fingerprint density at radius 2 is 1.03 bits per heavy atom. The van der Waals surface area contributed by atoms with Gasteiger partial charge in [0.25, 0.3) is 11.8 Å². The standard InChI is InChI=1S/C33H58N2O3/c1-4-7-10-13-14-15-16-17-18-19-22-27-38-31-28-29(32(36)34-25-20-11-8-5-2)23-24-30(31)33(37)35-26-21-12-9-6-3/h23-24,28H,4-22,25-27H2,1-3H3,(H,34,36)(H,35,37). The van der Waals surface area contributed by atoms with Crippen LogP contribution >= 0.6 is 0 Å². The Morgan fingerprint density at radius 1 is 0.579 bits per heavy atom. The van der Waals surface area contributed by atoms with Gasteiger partial charge in [-0.2, -0.15) is 0 Å². The molecule has 2 N–H and O–H groups in total. The van der Waals surface area contributed by atoms with Crippen LogP contribution in [0.2, 0.25) is 0 Å². The SMILES string of the molecule is CCCCCCCCCCCCCOc1cc(C(=O)NCCCCCC)ccc1C(=O)NCCCCCC. The molecule has 1 aromatic rings. The maximum atomic E-state index is 12.9. The number of rotatable bonds is 25. The van der Waals surface area contributed by atoms with Gasteiger partial charge < -0.3 is 15.4 Å². The lowest BCUT2D eigenvalue weighted by atomic mass is 10.1. The molecule has 0 spiro atoms. The number of carbonyl (C=O) groups excluding carboxylic acids is 2. The average Bonchev–Trinajstić information content (AvgIpc) is 2.93. The second-order valence-electron chi connectivity index (χ2n) is 10.7. The Balaban J connectivity index is 2.53. The highest BCUT2D eigenvalue weighted by Gasteiger charge is 2.16. The monoisotopic (exact) mass is 530 g/mol. The van der Waals surface area contributed by atoms with Crippen molar-refractivity contribution in [3.8, 4) is 5.75 Å². The molecule has 0 aliphatic carbocycles. The average molecular weight is 531 g/mol. The van der Waals surface area contributed by atoms with Crippen molar-refractivity contribution in [1.29, 1.82) is 0 Å². The predicted molar refractivity (Wildman–Crippen MR) is 161 cm³/mol. The van der Waals surface area contributed by atoms with Gasteiger partial charge in [0.15, 0.2) is 0 Å². The van der Waals surface area contributed by atoms with Gasteiger partial charge in [-0.15, -0.1) is 0 Å². The van der Waals surface area contributed by atoms with Gasteiger partial charge in [0.2, 0.25) is 0 Å². The van der Waals surface area contributed by atoms with Crippen molar-refractivity contribution >= 4 is 11.8 Å². The van der Waals surface area contributed by atoms with E-state index in [4.69, 9.17) is 4.74 Å². The van der Waals surface area contributed by atoms with Crippen LogP contribution in [0.3, 0.4) is 0 Å². The van der Waals surface area contributed by atoms with E-state index in [0.29, 0.717) is 36.6 Å². The number of amides is 2. The summed E-state index contributed by atoms with van der Waals surface area (Å²) in [5, 5.41) is 6.03. The van der Waals surface area contributed by atoms with Gasteiger partial charge in [0.1, 0.15) is 5.75 Å². The molecule has 0 bridgehead atoms. The van der Waals surface area contributed by atoms with E-state index < -0.39 is 0 Å². The zero-order valence-electron chi connectivity index (χ0n) is 25.0. The summed E-state index contributed by atoms with van der Waals surface area (Å²) in [5.74, 6) is 0.288. The third-order valence-electron chi connectivity index (χ3n) is 7.13. The maximum Gasteiger partial charge on any atom is 0.255 e. The van der Waals surface area contributed by atoms with Crippen LogP contribution in [0.4, 0.5) is 0 Å². The minimum atomic E-state index is -0.123. The molecule has 218 valence electrons. The van der Waals surface area contributed by atoms with E-state index in [1.807, 2.05) is 0 Å². The molecule has 0 fully saturated rings. The van der Waals surface area contributed by atoms with Gasteiger partial charge in [-0.3, -0.25) is 9.59 Å². The summed E-state index contributed by atoms with van der Waals surface area (Å²) < 4.78 is 6.09. The van der Waals surface area contributed by atoms with E-state index >= 15 is 0 Å². The first-order valence-corrected chi connectivity index (χ1v) is 16.0. The van der Waals surface area contributed by atoms with Gasteiger partial charge in [-0.1, -0.05) is 124 Å². The molecular weight excluding hydrogens is 472 g/mol. The van der Waals surface area contributed by atoms with Crippen molar-refractivity contribution in [1.82, 2.24) is 10.6 Å². The zero-order chi connectivity index (χ0) is 27.7. The Morgan fingerprint density at radius 3 is 1.55 bits per heavy atom. The molecule has 5 heteroatoms. The van der Waals surface area contributed by atoms with Gasteiger partial charge in [0, 0.05) is 18.7 Å². The summed E-state index contributed by atoms with van der Waals surface area (Å²) in [4.78, 5) is 25.6. The minimum absolute atomic E-state index is 0.104. The summed E-state index contributed by atoms with van der Waals surface area (Å²) in [6.07, 6.45) is 23.0. The Hall–Kier alpha value is -2.04.